The third-order valence-corrected chi connectivity index (χ3v) is 4.29. The molecular weight excluding hydrogens is 230 g/mol. The highest BCUT2D eigenvalue weighted by Crippen LogP contribution is 2.42. The second-order valence-corrected chi connectivity index (χ2v) is 5.41. The molecule has 1 atom stereocenters. The zero-order chi connectivity index (χ0) is 12.1. The highest BCUT2D eigenvalue weighted by atomic mass is 32.2. The van der Waals surface area contributed by atoms with Crippen molar-refractivity contribution in [2.24, 2.45) is 5.92 Å². The highest BCUT2D eigenvalue weighted by Gasteiger charge is 2.45. The Labute approximate surface area is 107 Å². The van der Waals surface area contributed by atoms with Crippen molar-refractivity contribution in [1.29, 1.82) is 5.26 Å². The van der Waals surface area contributed by atoms with Gasteiger partial charge in [0.05, 0.1) is 6.07 Å². The van der Waals surface area contributed by atoms with Gasteiger partial charge in [0.25, 0.3) is 0 Å². The summed E-state index contributed by atoms with van der Waals surface area (Å²) in [5.41, 5.74) is -0.345. The summed E-state index contributed by atoms with van der Waals surface area (Å²) < 4.78 is 0. The lowest BCUT2D eigenvalue weighted by molar-refractivity contribution is 0.416. The van der Waals surface area contributed by atoms with Crippen molar-refractivity contribution in [2.75, 3.05) is 12.3 Å². The molecule has 4 heteroatoms. The van der Waals surface area contributed by atoms with Crippen LogP contribution in [0.4, 0.5) is 0 Å². The first-order valence-electron chi connectivity index (χ1n) is 6.00. The van der Waals surface area contributed by atoms with Gasteiger partial charge < -0.3 is 0 Å². The van der Waals surface area contributed by atoms with Crippen molar-refractivity contribution in [3.63, 3.8) is 0 Å². The Morgan fingerprint density at radius 1 is 1.53 bits per heavy atom. The SMILES string of the molecule is CCNC(C#N)(CSc1ccncc1)C1CC1. The third kappa shape index (κ3) is 2.99. The van der Waals surface area contributed by atoms with Gasteiger partial charge in [-0.2, -0.15) is 5.26 Å². The highest BCUT2D eigenvalue weighted by molar-refractivity contribution is 7.99. The number of pyridine rings is 1. The standard InChI is InChI=1S/C13H17N3S/c1-2-16-13(9-14,11-3-4-11)10-17-12-5-7-15-8-6-12/h5-8,11,16H,2-4,10H2,1H3. The van der Waals surface area contributed by atoms with Gasteiger partial charge in [-0.3, -0.25) is 10.3 Å². The first-order valence-corrected chi connectivity index (χ1v) is 6.98. The van der Waals surface area contributed by atoms with Crippen molar-refractivity contribution in [3.8, 4) is 6.07 Å². The summed E-state index contributed by atoms with van der Waals surface area (Å²) in [6.45, 7) is 2.91. The van der Waals surface area contributed by atoms with Crippen molar-refractivity contribution < 1.29 is 0 Å². The van der Waals surface area contributed by atoms with Gasteiger partial charge in [0.1, 0.15) is 5.54 Å². The lowest BCUT2D eigenvalue weighted by Crippen LogP contribution is -2.48. The van der Waals surface area contributed by atoms with Crippen LogP contribution in [-0.2, 0) is 0 Å². The summed E-state index contributed by atoms with van der Waals surface area (Å²) >= 11 is 1.74. The van der Waals surface area contributed by atoms with Crippen LogP contribution >= 0.6 is 11.8 Å². The van der Waals surface area contributed by atoms with Gasteiger partial charge in [-0.15, -0.1) is 11.8 Å². The van der Waals surface area contributed by atoms with E-state index in [4.69, 9.17) is 0 Å². The van der Waals surface area contributed by atoms with Crippen LogP contribution in [-0.4, -0.2) is 22.8 Å². The predicted molar refractivity (Wildman–Crippen MR) is 69.7 cm³/mol. The number of hydrogen-bond donors (Lipinski definition) is 1. The van der Waals surface area contributed by atoms with Crippen molar-refractivity contribution in [1.82, 2.24) is 10.3 Å². The molecule has 1 heterocycles. The van der Waals surface area contributed by atoms with Crippen molar-refractivity contribution in [3.05, 3.63) is 24.5 Å². The molecule has 0 amide bonds. The Bertz CT molecular complexity index is 397. The number of nitrogens with zero attached hydrogens (tertiary/aromatic N) is 2. The monoisotopic (exact) mass is 247 g/mol. The lowest BCUT2D eigenvalue weighted by Gasteiger charge is -2.27. The van der Waals surface area contributed by atoms with Crippen LogP contribution in [0.15, 0.2) is 29.4 Å². The van der Waals surface area contributed by atoms with Crippen LogP contribution in [0.1, 0.15) is 19.8 Å². The summed E-state index contributed by atoms with van der Waals surface area (Å²) in [4.78, 5) is 5.18. The van der Waals surface area contributed by atoms with Crippen LogP contribution in [0.25, 0.3) is 0 Å². The molecule has 1 aliphatic rings. The maximum Gasteiger partial charge on any atom is 0.119 e. The van der Waals surface area contributed by atoms with E-state index in [1.165, 1.54) is 17.7 Å². The molecule has 0 aromatic carbocycles. The summed E-state index contributed by atoms with van der Waals surface area (Å²) in [5, 5.41) is 12.8. The minimum absolute atomic E-state index is 0.345. The minimum atomic E-state index is -0.345. The molecule has 0 saturated heterocycles. The maximum atomic E-state index is 9.46. The van der Waals surface area contributed by atoms with Gasteiger partial charge in [0.2, 0.25) is 0 Å². The predicted octanol–water partition coefficient (Wildman–Crippen LogP) is 2.46. The summed E-state index contributed by atoms with van der Waals surface area (Å²) in [6, 6.07) is 6.48. The number of nitrogens with one attached hydrogen (secondary N) is 1. The van der Waals surface area contributed by atoms with Crippen LogP contribution in [0, 0.1) is 17.2 Å². The quantitative estimate of drug-likeness (QED) is 0.784. The van der Waals surface area contributed by atoms with Crippen LogP contribution in [0.3, 0.4) is 0 Å². The molecule has 1 fully saturated rings. The Balaban J connectivity index is 2.01. The zero-order valence-corrected chi connectivity index (χ0v) is 10.8. The fraction of sp³-hybridized carbons (Fsp3) is 0.538. The van der Waals surface area contributed by atoms with Crippen molar-refractivity contribution >= 4 is 11.8 Å². The average Bonchev–Trinajstić information content (AvgIpc) is 3.20. The normalized spacial score (nSPS) is 18.4. The molecular formula is C13H17N3S. The molecule has 0 bridgehead atoms. The molecule has 1 unspecified atom stereocenters. The summed E-state index contributed by atoms with van der Waals surface area (Å²) in [5.74, 6) is 1.34. The van der Waals surface area contributed by atoms with Gasteiger partial charge in [-0.1, -0.05) is 6.92 Å². The lowest BCUT2D eigenvalue weighted by atomic mass is 9.98. The first-order chi connectivity index (χ1) is 8.30. The van der Waals surface area contributed by atoms with Gasteiger partial charge in [-0.25, -0.2) is 0 Å². The first kappa shape index (κ1) is 12.4. The summed E-state index contributed by atoms with van der Waals surface area (Å²) in [7, 11) is 0. The van der Waals surface area contributed by atoms with E-state index in [1.54, 1.807) is 24.2 Å². The number of hydrogen-bond acceptors (Lipinski definition) is 4. The van der Waals surface area contributed by atoms with Crippen LogP contribution in [0.5, 0.6) is 0 Å². The van der Waals surface area contributed by atoms with E-state index < -0.39 is 0 Å². The number of nitriles is 1. The van der Waals surface area contributed by atoms with Gasteiger partial charge >= 0.3 is 0 Å². The van der Waals surface area contributed by atoms with Crippen LogP contribution in [0.2, 0.25) is 0 Å². The molecule has 1 aromatic rings. The molecule has 3 nitrogen and oxygen atoms in total. The van der Waals surface area contributed by atoms with Gasteiger partial charge in [-0.05, 0) is 37.4 Å². The molecule has 0 radical (unpaired) electrons. The summed E-state index contributed by atoms with van der Waals surface area (Å²) in [6.07, 6.45) is 5.94. The zero-order valence-electron chi connectivity index (χ0n) is 10.0. The Hall–Kier alpha value is -1.05. The maximum absolute atomic E-state index is 9.46. The number of aromatic nitrogens is 1. The molecule has 1 N–H and O–H groups in total. The second kappa shape index (κ2) is 5.52. The smallest absolute Gasteiger partial charge is 0.119 e. The van der Waals surface area contributed by atoms with E-state index >= 15 is 0 Å². The van der Waals surface area contributed by atoms with Gasteiger partial charge in [0, 0.05) is 23.0 Å². The van der Waals surface area contributed by atoms with E-state index in [1.807, 2.05) is 12.1 Å². The minimum Gasteiger partial charge on any atom is -0.299 e. The Kier molecular flexibility index (Phi) is 4.03. The average molecular weight is 247 g/mol. The Morgan fingerprint density at radius 2 is 2.24 bits per heavy atom. The molecule has 1 aliphatic carbocycles. The largest absolute Gasteiger partial charge is 0.299 e. The van der Waals surface area contributed by atoms with Crippen molar-refractivity contribution in [2.45, 2.75) is 30.2 Å². The molecule has 0 spiro atoms. The van der Waals surface area contributed by atoms with E-state index in [2.05, 4.69) is 23.3 Å². The van der Waals surface area contributed by atoms with Gasteiger partial charge in [0.15, 0.2) is 0 Å². The number of rotatable bonds is 6. The van der Waals surface area contributed by atoms with Crippen LogP contribution < -0.4 is 5.32 Å². The molecule has 2 rings (SSSR count). The van der Waals surface area contributed by atoms with E-state index in [-0.39, 0.29) is 5.54 Å². The second-order valence-electron chi connectivity index (χ2n) is 4.36. The fourth-order valence-electron chi connectivity index (χ4n) is 2.00. The van der Waals surface area contributed by atoms with E-state index in [9.17, 15) is 5.26 Å². The molecule has 1 aromatic heterocycles. The Morgan fingerprint density at radius 3 is 2.76 bits per heavy atom. The molecule has 90 valence electrons. The van der Waals surface area contributed by atoms with E-state index in [0.717, 1.165) is 12.3 Å². The molecule has 17 heavy (non-hydrogen) atoms. The molecule has 0 aliphatic heterocycles. The van der Waals surface area contributed by atoms with E-state index in [0.29, 0.717) is 5.92 Å². The third-order valence-electron chi connectivity index (χ3n) is 3.08. The number of thioether (sulfide) groups is 1. The molecule has 1 saturated carbocycles. The topological polar surface area (TPSA) is 48.7 Å². The fourth-order valence-corrected chi connectivity index (χ4v) is 3.11.